The molecule has 2 heterocycles. The lowest BCUT2D eigenvalue weighted by atomic mass is 10.0. The van der Waals surface area contributed by atoms with Crippen molar-refractivity contribution in [2.45, 2.75) is 51.2 Å². The van der Waals surface area contributed by atoms with Crippen molar-refractivity contribution in [3.63, 3.8) is 0 Å². The summed E-state index contributed by atoms with van der Waals surface area (Å²) in [7, 11) is 1.79. The minimum absolute atomic E-state index is 0.0798. The Morgan fingerprint density at radius 2 is 1.88 bits per heavy atom. The highest BCUT2D eigenvalue weighted by atomic mass is 16.5. The van der Waals surface area contributed by atoms with E-state index in [2.05, 4.69) is 37.2 Å². The van der Waals surface area contributed by atoms with Gasteiger partial charge in [-0.25, -0.2) is 0 Å². The van der Waals surface area contributed by atoms with E-state index in [1.807, 2.05) is 35.0 Å². The standard InChI is InChI=1S/C26H33N3O3/c1-5-8-16-23-27(4)26(31)24-25(32-19-9-6-2)22(30)17-18-28(24)29(23)21(13-7-3)20-14-11-10-12-15-20/h5,7,10-12,14-15,17-18,21,23H,1,3,6,8-9,13,16,19H2,2,4H3. The minimum Gasteiger partial charge on any atom is -0.487 e. The summed E-state index contributed by atoms with van der Waals surface area (Å²) in [5.74, 6) is -0.0969. The molecule has 2 atom stereocenters. The van der Waals surface area contributed by atoms with E-state index in [4.69, 9.17) is 4.74 Å². The predicted octanol–water partition coefficient (Wildman–Crippen LogP) is 4.66. The number of carbonyl (C=O) groups is 1. The highest BCUT2D eigenvalue weighted by molar-refractivity contribution is 5.96. The molecule has 0 saturated carbocycles. The van der Waals surface area contributed by atoms with Crippen molar-refractivity contribution in [2.75, 3.05) is 18.7 Å². The van der Waals surface area contributed by atoms with E-state index in [1.54, 1.807) is 18.1 Å². The van der Waals surface area contributed by atoms with E-state index in [0.29, 0.717) is 19.4 Å². The molecule has 1 aromatic heterocycles. The normalized spacial score (nSPS) is 16.4. The molecule has 1 amide bonds. The lowest BCUT2D eigenvalue weighted by Crippen LogP contribution is -2.61. The molecule has 0 saturated heterocycles. The highest BCUT2D eigenvalue weighted by Gasteiger charge is 2.40. The Morgan fingerprint density at radius 3 is 2.53 bits per heavy atom. The van der Waals surface area contributed by atoms with Crippen LogP contribution in [0.25, 0.3) is 0 Å². The van der Waals surface area contributed by atoms with Crippen molar-refractivity contribution in [1.29, 1.82) is 0 Å². The van der Waals surface area contributed by atoms with Crippen LogP contribution >= 0.6 is 0 Å². The second-order valence-electron chi connectivity index (χ2n) is 8.00. The second kappa shape index (κ2) is 10.8. The lowest BCUT2D eigenvalue weighted by Gasteiger charge is -2.49. The van der Waals surface area contributed by atoms with Crippen LogP contribution in [0.15, 0.2) is 72.7 Å². The summed E-state index contributed by atoms with van der Waals surface area (Å²) >= 11 is 0. The van der Waals surface area contributed by atoms with Crippen LogP contribution in [0.1, 0.15) is 61.1 Å². The lowest BCUT2D eigenvalue weighted by molar-refractivity contribution is 0.0596. The zero-order chi connectivity index (χ0) is 23.1. The van der Waals surface area contributed by atoms with Crippen molar-refractivity contribution in [3.8, 4) is 5.75 Å². The number of carbonyl (C=O) groups excluding carboxylic acids is 1. The maximum Gasteiger partial charge on any atom is 0.277 e. The van der Waals surface area contributed by atoms with Crippen molar-refractivity contribution >= 4 is 5.91 Å². The first kappa shape index (κ1) is 23.4. The molecule has 32 heavy (non-hydrogen) atoms. The van der Waals surface area contributed by atoms with Crippen molar-refractivity contribution in [1.82, 2.24) is 9.58 Å². The minimum atomic E-state index is -0.279. The third-order valence-corrected chi connectivity index (χ3v) is 5.83. The molecule has 0 bridgehead atoms. The number of hydrogen-bond acceptors (Lipinski definition) is 4. The Morgan fingerprint density at radius 1 is 1.12 bits per heavy atom. The van der Waals surface area contributed by atoms with Gasteiger partial charge in [-0.1, -0.05) is 55.8 Å². The molecule has 2 aromatic rings. The third kappa shape index (κ3) is 4.64. The number of aromatic nitrogens is 1. The Bertz CT molecular complexity index is 999. The molecule has 1 aliphatic rings. The summed E-state index contributed by atoms with van der Waals surface area (Å²) in [4.78, 5) is 27.9. The zero-order valence-corrected chi connectivity index (χ0v) is 19.1. The van der Waals surface area contributed by atoms with E-state index in [9.17, 15) is 9.59 Å². The molecule has 6 heteroatoms. The van der Waals surface area contributed by atoms with Gasteiger partial charge in [0.2, 0.25) is 5.43 Å². The molecule has 1 aromatic carbocycles. The quantitative estimate of drug-likeness (QED) is 0.381. The molecule has 0 fully saturated rings. The number of ether oxygens (including phenoxy) is 1. The fourth-order valence-corrected chi connectivity index (χ4v) is 4.16. The number of allylic oxidation sites excluding steroid dienone is 1. The molecule has 2 unspecified atom stereocenters. The van der Waals surface area contributed by atoms with Crippen LogP contribution in [-0.4, -0.2) is 35.3 Å². The molecular formula is C26H33N3O3. The summed E-state index contributed by atoms with van der Waals surface area (Å²) in [6.07, 6.45) is 9.12. The van der Waals surface area contributed by atoms with Gasteiger partial charge in [0.1, 0.15) is 6.17 Å². The summed E-state index contributed by atoms with van der Waals surface area (Å²) < 4.78 is 7.68. The third-order valence-electron chi connectivity index (χ3n) is 5.83. The molecule has 3 rings (SSSR count). The Labute approximate surface area is 190 Å². The maximum atomic E-state index is 13.5. The van der Waals surface area contributed by atoms with E-state index in [1.165, 1.54) is 6.07 Å². The predicted molar refractivity (Wildman–Crippen MR) is 129 cm³/mol. The topological polar surface area (TPSA) is 54.8 Å². The van der Waals surface area contributed by atoms with Crippen LogP contribution in [0.4, 0.5) is 0 Å². The van der Waals surface area contributed by atoms with E-state index in [-0.39, 0.29) is 35.0 Å². The first-order valence-electron chi connectivity index (χ1n) is 11.3. The van der Waals surface area contributed by atoms with Crippen LogP contribution in [0.3, 0.4) is 0 Å². The van der Waals surface area contributed by atoms with Gasteiger partial charge < -0.3 is 9.64 Å². The van der Waals surface area contributed by atoms with Crippen molar-refractivity contribution in [2.24, 2.45) is 0 Å². The summed E-state index contributed by atoms with van der Waals surface area (Å²) in [6, 6.07) is 11.6. The Hall–Kier alpha value is -3.28. The number of pyridine rings is 1. The first-order chi connectivity index (χ1) is 15.5. The summed E-state index contributed by atoms with van der Waals surface area (Å²) in [5.41, 5.74) is 1.10. The molecule has 0 spiro atoms. The van der Waals surface area contributed by atoms with Crippen LogP contribution in [-0.2, 0) is 0 Å². The average Bonchev–Trinajstić information content (AvgIpc) is 2.81. The molecule has 1 aliphatic heterocycles. The summed E-state index contributed by atoms with van der Waals surface area (Å²) in [5, 5.41) is 2.17. The fraction of sp³-hybridized carbons (Fsp3) is 0.385. The fourth-order valence-electron chi connectivity index (χ4n) is 4.16. The van der Waals surface area contributed by atoms with E-state index in [0.717, 1.165) is 24.8 Å². The largest absolute Gasteiger partial charge is 0.487 e. The molecule has 0 aliphatic carbocycles. The van der Waals surface area contributed by atoms with Gasteiger partial charge in [0, 0.05) is 19.3 Å². The second-order valence-corrected chi connectivity index (χ2v) is 8.00. The van der Waals surface area contributed by atoms with Crippen LogP contribution in [0.2, 0.25) is 0 Å². The van der Waals surface area contributed by atoms with Gasteiger partial charge in [0.25, 0.3) is 5.91 Å². The van der Waals surface area contributed by atoms with Crippen LogP contribution in [0, 0.1) is 0 Å². The maximum absolute atomic E-state index is 13.5. The SMILES string of the molecule is C=CCCC1N(C)C(=O)c2c(OCCCC)c(=O)ccn2N1C(CC=C)c1ccccc1. The molecule has 170 valence electrons. The molecule has 6 nitrogen and oxygen atoms in total. The van der Waals surface area contributed by atoms with Gasteiger partial charge in [-0.3, -0.25) is 19.3 Å². The smallest absolute Gasteiger partial charge is 0.277 e. The van der Waals surface area contributed by atoms with Crippen molar-refractivity contribution in [3.05, 3.63) is 89.4 Å². The number of benzene rings is 1. The molecule has 0 radical (unpaired) electrons. The number of rotatable bonds is 11. The molecule has 0 N–H and O–H groups in total. The zero-order valence-electron chi connectivity index (χ0n) is 19.1. The first-order valence-corrected chi connectivity index (χ1v) is 11.3. The number of hydrogen-bond donors (Lipinski definition) is 0. The van der Waals surface area contributed by atoms with Crippen molar-refractivity contribution < 1.29 is 9.53 Å². The van der Waals surface area contributed by atoms with Gasteiger partial charge in [-0.15, -0.1) is 13.2 Å². The average molecular weight is 436 g/mol. The van der Waals surface area contributed by atoms with Gasteiger partial charge in [0.15, 0.2) is 11.4 Å². The highest BCUT2D eigenvalue weighted by Crippen LogP contribution is 2.34. The number of unbranched alkanes of at least 4 members (excludes halogenated alkanes) is 1. The van der Waals surface area contributed by atoms with Gasteiger partial charge in [-0.2, -0.15) is 0 Å². The molecular weight excluding hydrogens is 402 g/mol. The van der Waals surface area contributed by atoms with Crippen LogP contribution < -0.4 is 15.2 Å². The number of fused-ring (bicyclic) bond motifs is 1. The Kier molecular flexibility index (Phi) is 7.92. The van der Waals surface area contributed by atoms with Crippen LogP contribution in [0.5, 0.6) is 5.75 Å². The van der Waals surface area contributed by atoms with E-state index >= 15 is 0 Å². The number of amides is 1. The van der Waals surface area contributed by atoms with Gasteiger partial charge >= 0.3 is 0 Å². The monoisotopic (exact) mass is 435 g/mol. The van der Waals surface area contributed by atoms with Gasteiger partial charge in [0.05, 0.1) is 12.6 Å². The van der Waals surface area contributed by atoms with Gasteiger partial charge in [-0.05, 0) is 31.2 Å². The van der Waals surface area contributed by atoms with E-state index < -0.39 is 0 Å². The summed E-state index contributed by atoms with van der Waals surface area (Å²) in [6.45, 7) is 10.3. The number of nitrogens with zero attached hydrogens (tertiary/aromatic N) is 3. The Balaban J connectivity index is 2.20.